The van der Waals surface area contributed by atoms with Gasteiger partial charge in [0.1, 0.15) is 0 Å². The van der Waals surface area contributed by atoms with Gasteiger partial charge in [0.25, 0.3) is 0 Å². The molecule has 1 atom stereocenters. The molecule has 0 radical (unpaired) electrons. The van der Waals surface area contributed by atoms with Gasteiger partial charge in [-0.15, -0.1) is 0 Å². The molecule has 34 heavy (non-hydrogen) atoms. The fraction of sp³-hybridized carbons (Fsp3) is 1.00. The number of rotatable bonds is 22. The first kappa shape index (κ1) is 35.1. The average molecular weight is 587 g/mol. The largest absolute Gasteiger partial charge is 0.436 e. The lowest BCUT2D eigenvalue weighted by atomic mass is 10.5. The number of hydrogen-bond donors (Lipinski definition) is 0. The lowest BCUT2D eigenvalue weighted by Crippen LogP contribution is -2.48. The van der Waals surface area contributed by atoms with Gasteiger partial charge in [-0.05, 0) is 57.7 Å². The van der Waals surface area contributed by atoms with E-state index in [1.54, 1.807) is 0 Å². The third-order valence-electron chi connectivity index (χ3n) is 4.90. The molecule has 0 N–H and O–H groups in total. The van der Waals surface area contributed by atoms with Crippen LogP contribution in [0.1, 0.15) is 12.8 Å². The maximum atomic E-state index is 6.52. The van der Waals surface area contributed by atoms with E-state index >= 15 is 0 Å². The Labute approximate surface area is 220 Å². The van der Waals surface area contributed by atoms with Crippen LogP contribution < -0.4 is 0 Å². The van der Waals surface area contributed by atoms with Gasteiger partial charge in [0.2, 0.25) is 0 Å². The molecular weight excluding hydrogens is 529 g/mol. The van der Waals surface area contributed by atoms with E-state index in [2.05, 4.69) is 72.0 Å². The first-order valence-corrected chi connectivity index (χ1v) is 31.3. The molecule has 206 valence electrons. The van der Waals surface area contributed by atoms with E-state index in [-0.39, 0.29) is 0 Å². The molecule has 1 unspecified atom stereocenters. The zero-order valence-corrected chi connectivity index (χ0v) is 30.9. The van der Waals surface area contributed by atoms with Crippen LogP contribution in [0.25, 0.3) is 0 Å². The Hall–Kier alpha value is 1.06. The normalized spacial score (nSPS) is 15.0. The van der Waals surface area contributed by atoms with Gasteiger partial charge >= 0.3 is 17.1 Å². The van der Waals surface area contributed by atoms with Crippen molar-refractivity contribution in [2.75, 3.05) is 45.1 Å². The lowest BCUT2D eigenvalue weighted by Gasteiger charge is -2.34. The molecule has 6 nitrogen and oxygen atoms in total. The summed E-state index contributed by atoms with van der Waals surface area (Å²) in [6, 6.07) is 2.01. The average Bonchev–Trinajstić information content (AvgIpc) is 2.70. The smallest absolute Gasteiger partial charge is 0.334 e. The van der Waals surface area contributed by atoms with E-state index in [1.165, 1.54) is 0 Å². The summed E-state index contributed by atoms with van der Waals surface area (Å²) in [6.45, 7) is 28.0. The van der Waals surface area contributed by atoms with E-state index in [1.807, 2.05) is 0 Å². The molecule has 0 saturated heterocycles. The van der Waals surface area contributed by atoms with Crippen LogP contribution in [0.4, 0.5) is 0 Å². The molecule has 0 saturated carbocycles. The minimum Gasteiger partial charge on any atom is -0.436 e. The SMILES string of the molecule is C[SiH](C)CO[Si](C)(CCCOCCOCCC[Si](C)(OC[SiH](C)C)O[Si](C)(C)C)OC[SiH](C)C. The molecule has 0 aromatic heterocycles. The van der Waals surface area contributed by atoms with E-state index in [0.29, 0.717) is 13.2 Å². The molecule has 0 aliphatic carbocycles. The van der Waals surface area contributed by atoms with Crippen LogP contribution in [-0.4, -0.2) is 96.9 Å². The molecule has 0 bridgehead atoms. The summed E-state index contributed by atoms with van der Waals surface area (Å²) in [7, 11) is -8.00. The van der Waals surface area contributed by atoms with Crippen LogP contribution in [0.15, 0.2) is 0 Å². The van der Waals surface area contributed by atoms with Crippen molar-refractivity contribution in [3.8, 4) is 0 Å². The number of ether oxygens (including phenoxy) is 2. The standard InChI is InChI=1S/C22H58O6Si6/c1-29(2)20-25-33(10,26-21-30(3)4)18-12-14-23-16-17-24-15-13-19-34(11,27-22-31(5)6)28-32(7,8)9/h29-31H,12-22H2,1-11H3. The Morgan fingerprint density at radius 3 is 1.21 bits per heavy atom. The Balaban J connectivity index is 4.11. The van der Waals surface area contributed by atoms with Crippen LogP contribution in [0.2, 0.25) is 84.1 Å². The van der Waals surface area contributed by atoms with Gasteiger partial charge in [0.05, 0.1) is 39.6 Å². The van der Waals surface area contributed by atoms with Gasteiger partial charge in [0.15, 0.2) is 8.32 Å². The maximum Gasteiger partial charge on any atom is 0.334 e. The van der Waals surface area contributed by atoms with Crippen molar-refractivity contribution >= 4 is 51.8 Å². The second kappa shape index (κ2) is 18.3. The Morgan fingerprint density at radius 2 is 0.853 bits per heavy atom. The Kier molecular flexibility index (Phi) is 18.9. The predicted molar refractivity (Wildman–Crippen MR) is 163 cm³/mol. The molecular formula is C22H58O6Si6. The van der Waals surface area contributed by atoms with Gasteiger partial charge < -0.3 is 26.9 Å². The van der Waals surface area contributed by atoms with Crippen LogP contribution >= 0.6 is 0 Å². The summed E-state index contributed by atoms with van der Waals surface area (Å²) in [4.78, 5) is 0. The second-order valence-corrected chi connectivity index (χ2v) is 32.8. The highest BCUT2D eigenvalue weighted by Crippen LogP contribution is 2.22. The molecule has 0 fully saturated rings. The minimum absolute atomic E-state index is 0.645. The van der Waals surface area contributed by atoms with Crippen LogP contribution in [0.3, 0.4) is 0 Å². The fourth-order valence-corrected chi connectivity index (χ4v) is 19.5. The minimum atomic E-state index is -2.11. The molecule has 12 heteroatoms. The Morgan fingerprint density at radius 1 is 0.500 bits per heavy atom. The second-order valence-electron chi connectivity index (χ2n) is 12.0. The molecule has 0 amide bonds. The van der Waals surface area contributed by atoms with Crippen molar-refractivity contribution < 1.29 is 26.9 Å². The van der Waals surface area contributed by atoms with Crippen molar-refractivity contribution in [3.63, 3.8) is 0 Å². The summed E-state index contributed by atoms with van der Waals surface area (Å²) < 4.78 is 37.2. The van der Waals surface area contributed by atoms with Crippen LogP contribution in [-0.2, 0) is 26.9 Å². The van der Waals surface area contributed by atoms with E-state index < -0.39 is 51.8 Å². The van der Waals surface area contributed by atoms with E-state index in [9.17, 15) is 0 Å². The monoisotopic (exact) mass is 586 g/mol. The van der Waals surface area contributed by atoms with E-state index in [0.717, 1.165) is 56.8 Å². The highest BCUT2D eigenvalue weighted by Gasteiger charge is 2.36. The van der Waals surface area contributed by atoms with Crippen molar-refractivity contribution in [3.05, 3.63) is 0 Å². The first-order chi connectivity index (χ1) is 15.7. The van der Waals surface area contributed by atoms with Crippen molar-refractivity contribution in [2.24, 2.45) is 0 Å². The third kappa shape index (κ3) is 21.2. The third-order valence-corrected chi connectivity index (χ3v) is 17.4. The highest BCUT2D eigenvalue weighted by molar-refractivity contribution is 6.82. The molecule has 0 aliphatic rings. The summed E-state index contributed by atoms with van der Waals surface area (Å²) in [6.07, 6.45) is 4.75. The Bertz CT molecular complexity index is 495. The van der Waals surface area contributed by atoms with Gasteiger partial charge in [-0.2, -0.15) is 0 Å². The van der Waals surface area contributed by atoms with Crippen LogP contribution in [0.5, 0.6) is 0 Å². The molecule has 0 aliphatic heterocycles. The zero-order valence-electron chi connectivity index (χ0n) is 24.5. The molecule has 0 aromatic carbocycles. The summed E-state index contributed by atoms with van der Waals surface area (Å²) in [5, 5.41) is 0. The first-order valence-electron chi connectivity index (χ1n) is 13.4. The van der Waals surface area contributed by atoms with Gasteiger partial charge in [-0.25, -0.2) is 0 Å². The van der Waals surface area contributed by atoms with Crippen molar-refractivity contribution in [2.45, 2.75) is 96.9 Å². The van der Waals surface area contributed by atoms with Crippen molar-refractivity contribution in [1.29, 1.82) is 0 Å². The zero-order chi connectivity index (χ0) is 26.3. The molecule has 0 heterocycles. The fourth-order valence-electron chi connectivity index (χ4n) is 3.33. The van der Waals surface area contributed by atoms with Crippen molar-refractivity contribution in [1.82, 2.24) is 0 Å². The highest BCUT2D eigenvalue weighted by atomic mass is 28.4. The summed E-state index contributed by atoms with van der Waals surface area (Å²) in [5.74, 6) is 0. The lowest BCUT2D eigenvalue weighted by molar-refractivity contribution is 0.0469. The number of hydrogen-bond acceptors (Lipinski definition) is 6. The van der Waals surface area contributed by atoms with E-state index in [4.69, 9.17) is 26.9 Å². The summed E-state index contributed by atoms with van der Waals surface area (Å²) in [5.41, 5.74) is 0. The molecule has 0 aromatic rings. The van der Waals surface area contributed by atoms with Gasteiger partial charge in [-0.3, -0.25) is 0 Å². The predicted octanol–water partition coefficient (Wildman–Crippen LogP) is 4.92. The maximum absolute atomic E-state index is 6.52. The van der Waals surface area contributed by atoms with Crippen LogP contribution in [0, 0.1) is 0 Å². The molecule has 0 spiro atoms. The topological polar surface area (TPSA) is 55.4 Å². The molecule has 0 rings (SSSR count). The van der Waals surface area contributed by atoms with Gasteiger partial charge in [0, 0.05) is 31.9 Å². The summed E-state index contributed by atoms with van der Waals surface area (Å²) >= 11 is 0. The quantitative estimate of drug-likeness (QED) is 0.133. The van der Waals surface area contributed by atoms with Gasteiger partial charge in [-0.1, -0.05) is 39.3 Å².